The van der Waals surface area contributed by atoms with Gasteiger partial charge in [-0.25, -0.2) is 4.98 Å². The van der Waals surface area contributed by atoms with Crippen molar-refractivity contribution < 1.29 is 15.0 Å². The van der Waals surface area contributed by atoms with Crippen molar-refractivity contribution in [3.05, 3.63) is 88.2 Å². The van der Waals surface area contributed by atoms with Crippen LogP contribution in [0, 0.1) is 0 Å². The van der Waals surface area contributed by atoms with Gasteiger partial charge in [-0.2, -0.15) is 0 Å². The summed E-state index contributed by atoms with van der Waals surface area (Å²) in [4.78, 5) is 19.3. The highest BCUT2D eigenvalue weighted by molar-refractivity contribution is 6.32. The SMILES string of the molecule is C\C=C(C)/C(=C\C=C(/C)CCCC)c1ccccc1-c1nc2cc(C(=O)N3CC(O)C(O)C3)ccn2c1Cl. The van der Waals surface area contributed by atoms with Gasteiger partial charge in [0.1, 0.15) is 16.5 Å². The van der Waals surface area contributed by atoms with E-state index < -0.39 is 12.2 Å². The number of aliphatic hydroxyl groups excluding tert-OH is 2. The number of halogens is 1. The van der Waals surface area contributed by atoms with Gasteiger partial charge in [0.05, 0.1) is 12.2 Å². The number of fused-ring (bicyclic) bond motifs is 1. The predicted molar refractivity (Wildman–Crippen MR) is 154 cm³/mol. The van der Waals surface area contributed by atoms with Gasteiger partial charge in [-0.1, -0.05) is 73.0 Å². The second-order valence-electron chi connectivity index (χ2n) is 9.95. The van der Waals surface area contributed by atoms with Crippen LogP contribution in [0.15, 0.2) is 72.0 Å². The number of amides is 1. The molecule has 0 bridgehead atoms. The number of carbonyl (C=O) groups excluding carboxylic acids is 1. The van der Waals surface area contributed by atoms with Crippen molar-refractivity contribution in [2.24, 2.45) is 0 Å². The molecule has 2 aromatic heterocycles. The van der Waals surface area contributed by atoms with Gasteiger partial charge in [0, 0.05) is 30.4 Å². The molecule has 1 fully saturated rings. The summed E-state index contributed by atoms with van der Waals surface area (Å²) in [5.74, 6) is -0.261. The fourth-order valence-electron chi connectivity index (χ4n) is 4.72. The smallest absolute Gasteiger partial charge is 0.254 e. The number of aliphatic hydroxyl groups is 2. The van der Waals surface area contributed by atoms with Crippen molar-refractivity contribution in [3.8, 4) is 11.3 Å². The average Bonchev–Trinajstić information content (AvgIpc) is 3.44. The number of benzene rings is 1. The number of nitrogens with zero attached hydrogens (tertiary/aromatic N) is 3. The number of pyridine rings is 1. The number of rotatable bonds is 8. The lowest BCUT2D eigenvalue weighted by molar-refractivity contribution is 0.0572. The zero-order valence-corrected chi connectivity index (χ0v) is 23.2. The van der Waals surface area contributed by atoms with Crippen molar-refractivity contribution in [2.75, 3.05) is 13.1 Å². The number of unbranched alkanes of at least 4 members (excludes halogenated alkanes) is 1. The van der Waals surface area contributed by atoms with Gasteiger partial charge in [0.15, 0.2) is 0 Å². The van der Waals surface area contributed by atoms with Crippen LogP contribution in [0.3, 0.4) is 0 Å². The summed E-state index contributed by atoms with van der Waals surface area (Å²) < 4.78 is 1.76. The Morgan fingerprint density at radius 2 is 1.84 bits per heavy atom. The molecule has 0 aliphatic carbocycles. The minimum absolute atomic E-state index is 0.102. The minimum Gasteiger partial charge on any atom is -0.388 e. The summed E-state index contributed by atoms with van der Waals surface area (Å²) in [6.07, 6.45) is 9.77. The molecule has 1 aliphatic rings. The summed E-state index contributed by atoms with van der Waals surface area (Å²) in [6, 6.07) is 11.5. The first-order valence-electron chi connectivity index (χ1n) is 13.2. The number of hydrogen-bond donors (Lipinski definition) is 2. The third-order valence-electron chi connectivity index (χ3n) is 7.15. The third kappa shape index (κ3) is 5.78. The van der Waals surface area contributed by atoms with Crippen LogP contribution in [-0.2, 0) is 0 Å². The van der Waals surface area contributed by atoms with Gasteiger partial charge in [-0.15, -0.1) is 0 Å². The maximum absolute atomic E-state index is 13.0. The second kappa shape index (κ2) is 12.1. The fourth-order valence-corrected chi connectivity index (χ4v) is 5.00. The normalized spacial score (nSPS) is 19.0. The Morgan fingerprint density at radius 3 is 2.53 bits per heavy atom. The lowest BCUT2D eigenvalue weighted by atomic mass is 9.92. The van der Waals surface area contributed by atoms with E-state index in [1.54, 1.807) is 22.7 Å². The monoisotopic (exact) mass is 533 g/mol. The van der Waals surface area contributed by atoms with Crippen LogP contribution in [0.4, 0.5) is 0 Å². The fraction of sp³-hybridized carbons (Fsp3) is 0.355. The van der Waals surface area contributed by atoms with E-state index in [1.165, 1.54) is 23.3 Å². The zero-order valence-electron chi connectivity index (χ0n) is 22.5. The molecule has 4 rings (SSSR count). The van der Waals surface area contributed by atoms with Crippen molar-refractivity contribution in [1.29, 1.82) is 0 Å². The van der Waals surface area contributed by atoms with Crippen LogP contribution in [0.2, 0.25) is 5.15 Å². The van der Waals surface area contributed by atoms with Gasteiger partial charge < -0.3 is 15.1 Å². The quantitative estimate of drug-likeness (QED) is 0.332. The lowest BCUT2D eigenvalue weighted by Crippen LogP contribution is -2.29. The zero-order chi connectivity index (χ0) is 27.4. The minimum atomic E-state index is -0.931. The molecule has 0 saturated carbocycles. The van der Waals surface area contributed by atoms with E-state index in [4.69, 9.17) is 16.6 Å². The Kier molecular flexibility index (Phi) is 8.87. The molecule has 0 spiro atoms. The number of aromatic nitrogens is 2. The molecule has 200 valence electrons. The number of hydrogen-bond acceptors (Lipinski definition) is 4. The number of imidazole rings is 1. The highest BCUT2D eigenvalue weighted by atomic mass is 35.5. The predicted octanol–water partition coefficient (Wildman–Crippen LogP) is 6.32. The Balaban J connectivity index is 1.75. The van der Waals surface area contributed by atoms with Crippen molar-refractivity contribution >= 4 is 28.7 Å². The van der Waals surface area contributed by atoms with Crippen molar-refractivity contribution in [2.45, 2.75) is 59.2 Å². The topological polar surface area (TPSA) is 78.1 Å². The van der Waals surface area contributed by atoms with Gasteiger partial charge in [0.25, 0.3) is 5.91 Å². The highest BCUT2D eigenvalue weighted by Crippen LogP contribution is 2.36. The molecule has 3 aromatic rings. The first-order chi connectivity index (χ1) is 18.2. The van der Waals surface area contributed by atoms with Crippen molar-refractivity contribution in [1.82, 2.24) is 14.3 Å². The Morgan fingerprint density at radius 1 is 1.13 bits per heavy atom. The molecule has 38 heavy (non-hydrogen) atoms. The van der Waals surface area contributed by atoms with Gasteiger partial charge in [-0.05, 0) is 62.5 Å². The molecule has 6 nitrogen and oxygen atoms in total. The number of carbonyl (C=O) groups is 1. The van der Waals surface area contributed by atoms with Crippen LogP contribution in [0.1, 0.15) is 62.9 Å². The molecular formula is C31H36ClN3O3. The molecule has 0 radical (unpaired) electrons. The maximum atomic E-state index is 13.0. The van der Waals surface area contributed by atoms with E-state index >= 15 is 0 Å². The average molecular weight is 534 g/mol. The number of allylic oxidation sites excluding steroid dienone is 6. The first-order valence-corrected chi connectivity index (χ1v) is 13.6. The van der Waals surface area contributed by atoms with Gasteiger partial charge in [-0.3, -0.25) is 9.20 Å². The summed E-state index contributed by atoms with van der Waals surface area (Å²) in [5.41, 5.74) is 7.16. The molecule has 2 atom stereocenters. The third-order valence-corrected chi connectivity index (χ3v) is 7.51. The van der Waals surface area contributed by atoms with E-state index in [9.17, 15) is 15.0 Å². The van der Waals surface area contributed by atoms with Crippen LogP contribution in [0.25, 0.3) is 22.5 Å². The molecule has 1 aromatic carbocycles. The van der Waals surface area contributed by atoms with Crippen LogP contribution >= 0.6 is 11.6 Å². The van der Waals surface area contributed by atoms with Crippen LogP contribution in [-0.4, -0.2) is 55.7 Å². The highest BCUT2D eigenvalue weighted by Gasteiger charge is 2.33. The molecular weight excluding hydrogens is 498 g/mol. The maximum Gasteiger partial charge on any atom is 0.254 e. The van der Waals surface area contributed by atoms with E-state index in [1.807, 2.05) is 25.1 Å². The van der Waals surface area contributed by atoms with E-state index in [0.29, 0.717) is 22.1 Å². The van der Waals surface area contributed by atoms with E-state index in [-0.39, 0.29) is 19.0 Å². The van der Waals surface area contributed by atoms with E-state index in [0.717, 1.165) is 28.7 Å². The molecule has 2 unspecified atom stereocenters. The van der Waals surface area contributed by atoms with Gasteiger partial charge in [0.2, 0.25) is 0 Å². The molecule has 1 aliphatic heterocycles. The Labute approximate surface area is 229 Å². The Hall–Kier alpha value is -3.19. The standard InChI is InChI=1S/C31H36ClN3O3/c1-5-7-10-20(3)13-14-23(21(4)6-2)24-11-8-9-12-25(24)29-30(32)35-16-15-22(17-28(35)33-29)31(38)34-18-26(36)27(37)19-34/h6,8-9,11-17,26-27,36-37H,5,7,10,18-19H2,1-4H3/b20-13+,21-6-,23-14+. The molecule has 3 heterocycles. The van der Waals surface area contributed by atoms with Crippen LogP contribution < -0.4 is 0 Å². The summed E-state index contributed by atoms with van der Waals surface area (Å²) in [7, 11) is 0. The van der Waals surface area contributed by atoms with E-state index in [2.05, 4.69) is 45.1 Å². The largest absolute Gasteiger partial charge is 0.388 e. The summed E-state index contributed by atoms with van der Waals surface area (Å²) >= 11 is 6.86. The first kappa shape index (κ1) is 27.8. The van der Waals surface area contributed by atoms with Gasteiger partial charge >= 0.3 is 0 Å². The molecule has 1 amide bonds. The summed E-state index contributed by atoms with van der Waals surface area (Å²) in [6.45, 7) is 8.71. The number of likely N-dealkylation sites (tertiary alicyclic amines) is 1. The molecule has 2 N–H and O–H groups in total. The Bertz CT molecular complexity index is 1410. The molecule has 1 saturated heterocycles. The lowest BCUT2D eigenvalue weighted by Gasteiger charge is -2.15. The molecule has 7 heteroatoms. The number of β-amino-alcohol motifs (C(OH)–C–C–N with tert-alkyl or cyclic N) is 2. The van der Waals surface area contributed by atoms with Crippen molar-refractivity contribution in [3.63, 3.8) is 0 Å². The summed E-state index contributed by atoms with van der Waals surface area (Å²) in [5, 5.41) is 20.2. The second-order valence-corrected chi connectivity index (χ2v) is 10.3. The van der Waals surface area contributed by atoms with Crippen LogP contribution in [0.5, 0.6) is 0 Å².